The maximum absolute atomic E-state index is 12.9. The molecular formula is C15H8BrFO. The Labute approximate surface area is 113 Å². The molecule has 0 atom stereocenters. The molecule has 0 radical (unpaired) electrons. The van der Waals surface area contributed by atoms with Gasteiger partial charge >= 0.3 is 0 Å². The Morgan fingerprint density at radius 3 is 2.50 bits per heavy atom. The van der Waals surface area contributed by atoms with Gasteiger partial charge in [-0.15, -0.1) is 0 Å². The monoisotopic (exact) mass is 302 g/mol. The minimum Gasteiger partial charge on any atom is -0.298 e. The Hall–Kier alpha value is -1.92. The van der Waals surface area contributed by atoms with E-state index in [9.17, 15) is 9.18 Å². The van der Waals surface area contributed by atoms with Crippen molar-refractivity contribution in [1.82, 2.24) is 0 Å². The summed E-state index contributed by atoms with van der Waals surface area (Å²) in [6.07, 6.45) is 0.604. The molecule has 3 heteroatoms. The molecule has 0 aliphatic heterocycles. The first-order valence-electron chi connectivity index (χ1n) is 5.22. The van der Waals surface area contributed by atoms with Crippen LogP contribution in [-0.4, -0.2) is 6.29 Å². The van der Waals surface area contributed by atoms with Gasteiger partial charge in [0.1, 0.15) is 5.82 Å². The van der Waals surface area contributed by atoms with E-state index in [4.69, 9.17) is 0 Å². The smallest absolute Gasteiger partial charge is 0.151 e. The van der Waals surface area contributed by atoms with E-state index < -0.39 is 5.82 Å². The molecule has 0 aliphatic carbocycles. The predicted octanol–water partition coefficient (Wildman–Crippen LogP) is 3.80. The van der Waals surface area contributed by atoms with Crippen LogP contribution in [0, 0.1) is 17.7 Å². The average Bonchev–Trinajstić information content (AvgIpc) is 2.39. The standard InChI is InChI=1S/C15H8BrFO/c16-15-4-2-1-3-12(15)6-5-11-7-8-14(17)9-13(11)10-18/h1-4,7-10H. The topological polar surface area (TPSA) is 17.1 Å². The summed E-state index contributed by atoms with van der Waals surface area (Å²) in [5, 5.41) is 0. The third-order valence-corrected chi connectivity index (χ3v) is 3.04. The SMILES string of the molecule is O=Cc1cc(F)ccc1C#Cc1ccccc1Br. The van der Waals surface area contributed by atoms with Crippen molar-refractivity contribution in [3.05, 3.63) is 69.4 Å². The highest BCUT2D eigenvalue weighted by atomic mass is 79.9. The lowest BCUT2D eigenvalue weighted by Crippen LogP contribution is -1.89. The van der Waals surface area contributed by atoms with Crippen molar-refractivity contribution in [3.8, 4) is 11.8 Å². The van der Waals surface area contributed by atoms with Gasteiger partial charge in [0.05, 0.1) is 0 Å². The average molecular weight is 303 g/mol. The number of aldehydes is 1. The van der Waals surface area contributed by atoms with Gasteiger partial charge in [-0.3, -0.25) is 4.79 Å². The number of halogens is 2. The van der Waals surface area contributed by atoms with Crippen molar-refractivity contribution in [2.45, 2.75) is 0 Å². The third-order valence-electron chi connectivity index (χ3n) is 2.35. The van der Waals surface area contributed by atoms with Crippen molar-refractivity contribution in [2.75, 3.05) is 0 Å². The van der Waals surface area contributed by atoms with E-state index in [2.05, 4.69) is 27.8 Å². The molecule has 0 spiro atoms. The largest absolute Gasteiger partial charge is 0.298 e. The molecule has 18 heavy (non-hydrogen) atoms. The Balaban J connectivity index is 2.42. The summed E-state index contributed by atoms with van der Waals surface area (Å²) in [6, 6.07) is 11.5. The van der Waals surface area contributed by atoms with Crippen LogP contribution < -0.4 is 0 Å². The summed E-state index contributed by atoms with van der Waals surface area (Å²) in [6.45, 7) is 0. The van der Waals surface area contributed by atoms with Crippen LogP contribution in [0.15, 0.2) is 46.9 Å². The molecular weight excluding hydrogens is 295 g/mol. The molecule has 88 valence electrons. The number of hydrogen-bond acceptors (Lipinski definition) is 1. The first-order valence-corrected chi connectivity index (χ1v) is 6.01. The van der Waals surface area contributed by atoms with Gasteiger partial charge < -0.3 is 0 Å². The normalized spacial score (nSPS) is 9.44. The van der Waals surface area contributed by atoms with Gasteiger partial charge in [0.2, 0.25) is 0 Å². The van der Waals surface area contributed by atoms with Crippen molar-refractivity contribution in [2.24, 2.45) is 0 Å². The number of rotatable bonds is 1. The summed E-state index contributed by atoms with van der Waals surface area (Å²) in [5.74, 6) is 5.37. The molecule has 0 N–H and O–H groups in total. The summed E-state index contributed by atoms with van der Waals surface area (Å²) in [5.41, 5.74) is 1.59. The zero-order valence-electron chi connectivity index (χ0n) is 9.28. The van der Waals surface area contributed by atoms with Crippen LogP contribution in [0.3, 0.4) is 0 Å². The van der Waals surface area contributed by atoms with Gasteiger partial charge in [0.25, 0.3) is 0 Å². The fourth-order valence-electron chi connectivity index (χ4n) is 1.44. The van der Waals surface area contributed by atoms with Gasteiger partial charge in [-0.2, -0.15) is 0 Å². The lowest BCUT2D eigenvalue weighted by Gasteiger charge is -1.97. The van der Waals surface area contributed by atoms with E-state index in [1.54, 1.807) is 0 Å². The van der Waals surface area contributed by atoms with Crippen LogP contribution in [0.25, 0.3) is 0 Å². The molecule has 0 unspecified atom stereocenters. The van der Waals surface area contributed by atoms with Crippen LogP contribution in [0.2, 0.25) is 0 Å². The highest BCUT2D eigenvalue weighted by molar-refractivity contribution is 9.10. The highest BCUT2D eigenvalue weighted by Crippen LogP contribution is 2.15. The second-order valence-corrected chi connectivity index (χ2v) is 4.43. The molecule has 0 heterocycles. The number of carbonyl (C=O) groups is 1. The van der Waals surface area contributed by atoms with Crippen molar-refractivity contribution >= 4 is 22.2 Å². The fourth-order valence-corrected chi connectivity index (χ4v) is 1.83. The van der Waals surface area contributed by atoms with Crippen LogP contribution in [-0.2, 0) is 0 Å². The number of carbonyl (C=O) groups excluding carboxylic acids is 1. The molecule has 2 aromatic carbocycles. The van der Waals surface area contributed by atoms with Gasteiger partial charge in [-0.25, -0.2) is 4.39 Å². The molecule has 1 nitrogen and oxygen atoms in total. The zero-order valence-corrected chi connectivity index (χ0v) is 10.9. The minimum absolute atomic E-state index is 0.259. The molecule has 0 amide bonds. The Morgan fingerprint density at radius 2 is 1.78 bits per heavy atom. The van der Waals surface area contributed by atoms with Crippen molar-refractivity contribution < 1.29 is 9.18 Å². The number of benzene rings is 2. The summed E-state index contributed by atoms with van der Waals surface area (Å²) >= 11 is 3.38. The van der Waals surface area contributed by atoms with Crippen LogP contribution >= 0.6 is 15.9 Å². The van der Waals surface area contributed by atoms with Gasteiger partial charge in [-0.1, -0.05) is 24.0 Å². The van der Waals surface area contributed by atoms with Crippen molar-refractivity contribution in [3.63, 3.8) is 0 Å². The Bertz CT molecular complexity index is 653. The van der Waals surface area contributed by atoms with Crippen LogP contribution in [0.1, 0.15) is 21.5 Å². The Kier molecular flexibility index (Phi) is 3.91. The molecule has 0 aromatic heterocycles. The molecule has 0 fully saturated rings. The maximum atomic E-state index is 12.9. The summed E-state index contributed by atoms with van der Waals surface area (Å²) in [7, 11) is 0. The third kappa shape index (κ3) is 2.85. The second kappa shape index (κ2) is 5.61. The van der Waals surface area contributed by atoms with Crippen LogP contribution in [0.4, 0.5) is 4.39 Å². The molecule has 0 bridgehead atoms. The maximum Gasteiger partial charge on any atom is 0.151 e. The zero-order chi connectivity index (χ0) is 13.0. The minimum atomic E-state index is -0.441. The van der Waals surface area contributed by atoms with Gasteiger partial charge in [-0.05, 0) is 46.3 Å². The molecule has 0 aliphatic rings. The van der Waals surface area contributed by atoms with Crippen LogP contribution in [0.5, 0.6) is 0 Å². The summed E-state index contributed by atoms with van der Waals surface area (Å²) < 4.78 is 13.8. The van der Waals surface area contributed by atoms with E-state index in [1.807, 2.05) is 24.3 Å². The second-order valence-electron chi connectivity index (χ2n) is 3.58. The summed E-state index contributed by atoms with van der Waals surface area (Å²) in [4.78, 5) is 10.8. The first kappa shape index (κ1) is 12.5. The molecule has 0 saturated carbocycles. The van der Waals surface area contributed by atoms with E-state index in [1.165, 1.54) is 18.2 Å². The fraction of sp³-hybridized carbons (Fsp3) is 0. The van der Waals surface area contributed by atoms with E-state index in [0.717, 1.165) is 10.0 Å². The van der Waals surface area contributed by atoms with E-state index in [-0.39, 0.29) is 5.56 Å². The predicted molar refractivity (Wildman–Crippen MR) is 71.9 cm³/mol. The van der Waals surface area contributed by atoms with Gasteiger partial charge in [0.15, 0.2) is 6.29 Å². The quantitative estimate of drug-likeness (QED) is 0.578. The lowest BCUT2D eigenvalue weighted by molar-refractivity contribution is 0.112. The lowest BCUT2D eigenvalue weighted by atomic mass is 10.1. The van der Waals surface area contributed by atoms with E-state index >= 15 is 0 Å². The molecule has 2 aromatic rings. The van der Waals surface area contributed by atoms with E-state index in [0.29, 0.717) is 11.8 Å². The molecule has 0 saturated heterocycles. The first-order chi connectivity index (χ1) is 8.70. The molecule has 2 rings (SSSR count). The highest BCUT2D eigenvalue weighted by Gasteiger charge is 2.00. The van der Waals surface area contributed by atoms with Crippen molar-refractivity contribution in [1.29, 1.82) is 0 Å². The Morgan fingerprint density at radius 1 is 1.06 bits per heavy atom. The number of hydrogen-bond donors (Lipinski definition) is 0. The van der Waals surface area contributed by atoms with Gasteiger partial charge in [0, 0.05) is 21.2 Å².